The normalized spacial score (nSPS) is 10.7. The van der Waals surface area contributed by atoms with Gasteiger partial charge in [-0.15, -0.1) is 0 Å². The molecular weight excluding hydrogens is 246 g/mol. The van der Waals surface area contributed by atoms with Crippen LogP contribution in [0.2, 0.25) is 0 Å². The molecule has 0 radical (unpaired) electrons. The van der Waals surface area contributed by atoms with Crippen molar-refractivity contribution < 1.29 is 4.79 Å². The first-order valence-electron chi connectivity index (χ1n) is 6.67. The van der Waals surface area contributed by atoms with Gasteiger partial charge in [0.2, 0.25) is 0 Å². The van der Waals surface area contributed by atoms with Gasteiger partial charge in [-0.05, 0) is 30.2 Å². The number of hydrogen-bond acceptors (Lipinski definition) is 2. The smallest absolute Gasteiger partial charge is 0.167 e. The van der Waals surface area contributed by atoms with Crippen molar-refractivity contribution in [1.29, 1.82) is 0 Å². The summed E-state index contributed by atoms with van der Waals surface area (Å²) in [5.74, 6) is 0.137. The fourth-order valence-electron chi connectivity index (χ4n) is 2.42. The quantitative estimate of drug-likeness (QED) is 0.668. The van der Waals surface area contributed by atoms with E-state index < -0.39 is 0 Å². The van der Waals surface area contributed by atoms with E-state index in [0.29, 0.717) is 6.42 Å². The van der Waals surface area contributed by atoms with Gasteiger partial charge in [0, 0.05) is 23.6 Å². The van der Waals surface area contributed by atoms with Crippen molar-refractivity contribution in [3.05, 3.63) is 77.5 Å². The zero-order valence-corrected chi connectivity index (χ0v) is 11.3. The highest BCUT2D eigenvalue weighted by Crippen LogP contribution is 2.19. The van der Waals surface area contributed by atoms with Crippen LogP contribution in [0.15, 0.2) is 60.8 Å². The van der Waals surface area contributed by atoms with Crippen molar-refractivity contribution in [1.82, 2.24) is 4.98 Å². The Balaban J connectivity index is 1.99. The van der Waals surface area contributed by atoms with Crippen LogP contribution >= 0.6 is 0 Å². The van der Waals surface area contributed by atoms with E-state index in [-0.39, 0.29) is 5.78 Å². The lowest BCUT2D eigenvalue weighted by atomic mass is 9.97. The van der Waals surface area contributed by atoms with Crippen LogP contribution in [0.5, 0.6) is 0 Å². The lowest BCUT2D eigenvalue weighted by Crippen LogP contribution is -2.05. The molecule has 0 atom stereocenters. The first-order chi connectivity index (χ1) is 9.75. The van der Waals surface area contributed by atoms with E-state index in [1.807, 2.05) is 61.5 Å². The van der Waals surface area contributed by atoms with Crippen LogP contribution in [0.1, 0.15) is 21.5 Å². The summed E-state index contributed by atoms with van der Waals surface area (Å²) < 4.78 is 0. The molecule has 0 saturated carbocycles. The van der Waals surface area contributed by atoms with E-state index in [9.17, 15) is 4.79 Å². The third-order valence-electron chi connectivity index (χ3n) is 3.56. The number of aromatic nitrogens is 1. The van der Waals surface area contributed by atoms with Gasteiger partial charge in [-0.1, -0.05) is 42.5 Å². The van der Waals surface area contributed by atoms with Crippen LogP contribution in [-0.2, 0) is 6.42 Å². The minimum atomic E-state index is 0.137. The number of nitrogens with zero attached hydrogens (tertiary/aromatic N) is 1. The molecular formula is C18H15NO. The summed E-state index contributed by atoms with van der Waals surface area (Å²) >= 11 is 0. The van der Waals surface area contributed by atoms with Gasteiger partial charge in [0.1, 0.15) is 0 Å². The van der Waals surface area contributed by atoms with Crippen molar-refractivity contribution in [2.24, 2.45) is 0 Å². The van der Waals surface area contributed by atoms with E-state index in [1.165, 1.54) is 0 Å². The van der Waals surface area contributed by atoms with E-state index in [2.05, 4.69) is 4.98 Å². The van der Waals surface area contributed by atoms with Crippen molar-refractivity contribution in [3.8, 4) is 0 Å². The minimum Gasteiger partial charge on any atom is -0.294 e. The van der Waals surface area contributed by atoms with E-state index in [4.69, 9.17) is 0 Å². The van der Waals surface area contributed by atoms with Gasteiger partial charge in [0.25, 0.3) is 0 Å². The lowest BCUT2D eigenvalue weighted by Gasteiger charge is -2.07. The second-order valence-electron chi connectivity index (χ2n) is 4.90. The highest BCUT2D eigenvalue weighted by atomic mass is 16.1. The van der Waals surface area contributed by atoms with Gasteiger partial charge in [-0.3, -0.25) is 9.78 Å². The Morgan fingerprint density at radius 2 is 1.75 bits per heavy atom. The molecule has 2 heteroatoms. The molecule has 1 aromatic heterocycles. The molecule has 0 saturated heterocycles. The first kappa shape index (κ1) is 12.5. The van der Waals surface area contributed by atoms with Gasteiger partial charge in [-0.2, -0.15) is 0 Å². The number of para-hydroxylation sites is 1. The Hall–Kier alpha value is -2.48. The summed E-state index contributed by atoms with van der Waals surface area (Å²) in [6, 6.07) is 17.6. The largest absolute Gasteiger partial charge is 0.294 e. The maximum Gasteiger partial charge on any atom is 0.167 e. The molecule has 0 aliphatic heterocycles. The maximum atomic E-state index is 12.6. The Morgan fingerprint density at radius 1 is 1.00 bits per heavy atom. The van der Waals surface area contributed by atoms with Gasteiger partial charge >= 0.3 is 0 Å². The summed E-state index contributed by atoms with van der Waals surface area (Å²) in [5.41, 5.74) is 3.85. The highest BCUT2D eigenvalue weighted by Gasteiger charge is 2.12. The monoisotopic (exact) mass is 261 g/mol. The SMILES string of the molecule is Cc1ccccc1CC(=O)c1ccnc2ccccc12. The lowest BCUT2D eigenvalue weighted by molar-refractivity contribution is 0.0994. The van der Waals surface area contributed by atoms with Crippen molar-refractivity contribution >= 4 is 16.7 Å². The zero-order chi connectivity index (χ0) is 13.9. The van der Waals surface area contributed by atoms with Crippen LogP contribution in [0.4, 0.5) is 0 Å². The summed E-state index contributed by atoms with van der Waals surface area (Å²) in [7, 11) is 0. The van der Waals surface area contributed by atoms with Crippen LogP contribution in [0.25, 0.3) is 10.9 Å². The average Bonchev–Trinajstić information content (AvgIpc) is 2.49. The standard InChI is InChI=1S/C18H15NO/c1-13-6-2-3-7-14(13)12-18(20)16-10-11-19-17-9-5-4-8-15(16)17/h2-11H,12H2,1H3. The molecule has 2 aromatic carbocycles. The molecule has 0 fully saturated rings. The molecule has 3 aromatic rings. The predicted octanol–water partition coefficient (Wildman–Crippen LogP) is 3.97. The molecule has 0 amide bonds. The van der Waals surface area contributed by atoms with Crippen molar-refractivity contribution in [2.45, 2.75) is 13.3 Å². The molecule has 2 nitrogen and oxygen atoms in total. The van der Waals surface area contributed by atoms with E-state index >= 15 is 0 Å². The first-order valence-corrected chi connectivity index (χ1v) is 6.67. The minimum absolute atomic E-state index is 0.137. The Kier molecular flexibility index (Phi) is 3.30. The number of hydrogen-bond donors (Lipinski definition) is 0. The Labute approximate surface area is 118 Å². The van der Waals surface area contributed by atoms with Gasteiger partial charge in [0.05, 0.1) is 5.52 Å². The number of carbonyl (C=O) groups excluding carboxylic acids is 1. The molecule has 0 bridgehead atoms. The average molecular weight is 261 g/mol. The van der Waals surface area contributed by atoms with E-state index in [1.54, 1.807) is 6.20 Å². The van der Waals surface area contributed by atoms with Gasteiger partial charge in [-0.25, -0.2) is 0 Å². The van der Waals surface area contributed by atoms with Crippen molar-refractivity contribution in [2.75, 3.05) is 0 Å². The third-order valence-corrected chi connectivity index (χ3v) is 3.56. The number of fused-ring (bicyclic) bond motifs is 1. The molecule has 0 N–H and O–H groups in total. The summed E-state index contributed by atoms with van der Waals surface area (Å²) in [4.78, 5) is 16.8. The zero-order valence-electron chi connectivity index (χ0n) is 11.3. The topological polar surface area (TPSA) is 30.0 Å². The number of Topliss-reactive ketones (excluding diaryl/α,β-unsaturated/α-hetero) is 1. The fourth-order valence-corrected chi connectivity index (χ4v) is 2.42. The summed E-state index contributed by atoms with van der Waals surface area (Å²) in [6.45, 7) is 2.03. The third kappa shape index (κ3) is 2.32. The molecule has 3 rings (SSSR count). The highest BCUT2D eigenvalue weighted by molar-refractivity contribution is 6.07. The number of pyridine rings is 1. The van der Waals surface area contributed by atoms with Crippen LogP contribution in [0, 0.1) is 6.92 Å². The summed E-state index contributed by atoms with van der Waals surface area (Å²) in [5, 5.41) is 0.925. The second-order valence-corrected chi connectivity index (χ2v) is 4.90. The second kappa shape index (κ2) is 5.25. The number of rotatable bonds is 3. The van der Waals surface area contributed by atoms with Crippen molar-refractivity contribution in [3.63, 3.8) is 0 Å². The molecule has 1 heterocycles. The molecule has 0 spiro atoms. The molecule has 0 aliphatic carbocycles. The molecule has 20 heavy (non-hydrogen) atoms. The maximum absolute atomic E-state index is 12.6. The molecule has 98 valence electrons. The number of ketones is 1. The molecule has 0 aliphatic rings. The Bertz CT molecular complexity index is 772. The molecule has 0 unspecified atom stereocenters. The van der Waals surface area contributed by atoms with Gasteiger partial charge < -0.3 is 0 Å². The predicted molar refractivity (Wildman–Crippen MR) is 81.0 cm³/mol. The number of benzene rings is 2. The van der Waals surface area contributed by atoms with E-state index in [0.717, 1.165) is 27.6 Å². The number of aryl methyl sites for hydroxylation is 1. The number of carbonyl (C=O) groups is 1. The fraction of sp³-hybridized carbons (Fsp3) is 0.111. The van der Waals surface area contributed by atoms with Crippen LogP contribution in [0.3, 0.4) is 0 Å². The van der Waals surface area contributed by atoms with Crippen LogP contribution in [-0.4, -0.2) is 10.8 Å². The van der Waals surface area contributed by atoms with Gasteiger partial charge in [0.15, 0.2) is 5.78 Å². The summed E-state index contributed by atoms with van der Waals surface area (Å²) in [6.07, 6.45) is 2.13. The Morgan fingerprint density at radius 3 is 2.60 bits per heavy atom. The van der Waals surface area contributed by atoms with Crippen LogP contribution < -0.4 is 0 Å².